The van der Waals surface area contributed by atoms with Gasteiger partial charge in [0.15, 0.2) is 6.04 Å². The highest BCUT2D eigenvalue weighted by Gasteiger charge is 2.23. The number of nitrogens with zero attached hydrogens (tertiary/aromatic N) is 3. The molecule has 0 amide bonds. The van der Waals surface area contributed by atoms with Gasteiger partial charge in [0.1, 0.15) is 5.69 Å². The fraction of sp³-hybridized carbons (Fsp3) is 0.250. The Kier molecular flexibility index (Phi) is 4.54. The molecule has 2 rings (SSSR count). The third-order valence-corrected chi connectivity index (χ3v) is 2.80. The fourth-order valence-corrected chi connectivity index (χ4v) is 1.85. The van der Waals surface area contributed by atoms with Crippen molar-refractivity contribution in [3.05, 3.63) is 41.2 Å². The monoisotopic (exact) mass is 296 g/mol. The van der Waals surface area contributed by atoms with Gasteiger partial charge in [-0.05, 0) is 18.2 Å². The lowest BCUT2D eigenvalue weighted by molar-refractivity contribution is -0.138. The summed E-state index contributed by atoms with van der Waals surface area (Å²) >= 11 is 5.85. The van der Waals surface area contributed by atoms with Crippen molar-refractivity contribution in [1.82, 2.24) is 15.0 Å². The zero-order valence-corrected chi connectivity index (χ0v) is 11.2. The molecule has 1 heterocycles. The number of aliphatic hydroxyl groups is 1. The molecule has 0 aliphatic heterocycles. The smallest absolute Gasteiger partial charge is 0.332 e. The van der Waals surface area contributed by atoms with Gasteiger partial charge in [0.2, 0.25) is 0 Å². The van der Waals surface area contributed by atoms with Crippen LogP contribution >= 0.6 is 11.6 Å². The highest BCUT2D eigenvalue weighted by Crippen LogP contribution is 2.21. The second-order valence-electron chi connectivity index (χ2n) is 4.06. The Balaban J connectivity index is 2.20. The maximum Gasteiger partial charge on any atom is 0.332 e. The summed E-state index contributed by atoms with van der Waals surface area (Å²) in [6.07, 6.45) is 1.48. The van der Waals surface area contributed by atoms with E-state index in [2.05, 4.69) is 15.6 Å². The van der Waals surface area contributed by atoms with Crippen molar-refractivity contribution in [1.29, 1.82) is 0 Å². The molecule has 1 atom stereocenters. The van der Waals surface area contributed by atoms with Gasteiger partial charge in [0.25, 0.3) is 0 Å². The van der Waals surface area contributed by atoms with E-state index in [1.54, 1.807) is 24.3 Å². The molecule has 0 radical (unpaired) electrons. The Hall–Kier alpha value is -2.12. The van der Waals surface area contributed by atoms with Crippen molar-refractivity contribution in [2.75, 3.05) is 11.9 Å². The molecule has 0 saturated carbocycles. The van der Waals surface area contributed by atoms with Gasteiger partial charge in [-0.1, -0.05) is 22.9 Å². The fourth-order valence-electron chi connectivity index (χ4n) is 1.66. The van der Waals surface area contributed by atoms with Crippen LogP contribution in [0.1, 0.15) is 11.7 Å². The van der Waals surface area contributed by atoms with Crippen LogP contribution in [0, 0.1) is 0 Å². The Bertz CT molecular complexity index is 602. The number of carbonyl (C=O) groups is 1. The van der Waals surface area contributed by atoms with Gasteiger partial charge in [-0.25, -0.2) is 9.48 Å². The van der Waals surface area contributed by atoms with Crippen LogP contribution in [0.15, 0.2) is 30.5 Å². The molecular weight excluding hydrogens is 284 g/mol. The normalized spacial score (nSPS) is 12.1. The molecule has 7 nitrogen and oxygen atoms in total. The number of carboxylic acid groups (broad SMARTS) is 1. The first-order chi connectivity index (χ1) is 9.60. The molecule has 0 fully saturated rings. The summed E-state index contributed by atoms with van der Waals surface area (Å²) in [7, 11) is 0. The molecule has 0 aliphatic carbocycles. The number of aromatic nitrogens is 3. The zero-order valence-electron chi connectivity index (χ0n) is 10.4. The number of hydrogen-bond acceptors (Lipinski definition) is 5. The van der Waals surface area contributed by atoms with Gasteiger partial charge in [-0.15, -0.1) is 5.10 Å². The van der Waals surface area contributed by atoms with Crippen LogP contribution in [-0.2, 0) is 11.3 Å². The van der Waals surface area contributed by atoms with Crippen LogP contribution in [-0.4, -0.2) is 37.8 Å². The van der Waals surface area contributed by atoms with Crippen molar-refractivity contribution in [2.24, 2.45) is 0 Å². The van der Waals surface area contributed by atoms with Crippen LogP contribution in [0.3, 0.4) is 0 Å². The number of aliphatic hydroxyl groups excluding tert-OH is 1. The van der Waals surface area contributed by atoms with E-state index in [1.165, 1.54) is 10.9 Å². The lowest BCUT2D eigenvalue weighted by atomic mass is 10.2. The van der Waals surface area contributed by atoms with Crippen LogP contribution in [0.25, 0.3) is 0 Å². The molecule has 1 aromatic carbocycles. The molecule has 0 aliphatic rings. The number of anilines is 1. The van der Waals surface area contributed by atoms with Crippen LogP contribution < -0.4 is 5.32 Å². The van der Waals surface area contributed by atoms with E-state index in [0.717, 1.165) is 0 Å². The predicted molar refractivity (Wildman–Crippen MR) is 72.6 cm³/mol. The highest BCUT2D eigenvalue weighted by atomic mass is 35.5. The minimum absolute atomic E-state index is 0.0950. The average molecular weight is 297 g/mol. The van der Waals surface area contributed by atoms with Crippen molar-refractivity contribution < 1.29 is 15.0 Å². The summed E-state index contributed by atoms with van der Waals surface area (Å²) in [5, 5.41) is 29.0. The first kappa shape index (κ1) is 14.3. The number of rotatable bonds is 6. The Labute approximate surface area is 119 Å². The van der Waals surface area contributed by atoms with E-state index in [1.807, 2.05) is 0 Å². The predicted octanol–water partition coefficient (Wildman–Crippen LogP) is 1.16. The number of nitrogens with one attached hydrogen (secondary N) is 1. The van der Waals surface area contributed by atoms with Crippen molar-refractivity contribution in [3.8, 4) is 0 Å². The Morgan fingerprint density at radius 1 is 1.50 bits per heavy atom. The van der Waals surface area contributed by atoms with E-state index in [9.17, 15) is 9.90 Å². The average Bonchev–Trinajstić information content (AvgIpc) is 2.84. The Morgan fingerprint density at radius 2 is 2.30 bits per heavy atom. The lowest BCUT2D eigenvalue weighted by Gasteiger charge is -2.13. The lowest BCUT2D eigenvalue weighted by Crippen LogP contribution is -2.21. The molecule has 1 unspecified atom stereocenters. The number of benzene rings is 1. The van der Waals surface area contributed by atoms with Gasteiger partial charge < -0.3 is 15.5 Å². The third kappa shape index (κ3) is 3.46. The third-order valence-electron chi connectivity index (χ3n) is 2.56. The highest BCUT2D eigenvalue weighted by molar-refractivity contribution is 6.30. The maximum absolute atomic E-state index is 11.3. The summed E-state index contributed by atoms with van der Waals surface area (Å²) in [6, 6.07) is 5.70. The van der Waals surface area contributed by atoms with Gasteiger partial charge in [0.05, 0.1) is 19.3 Å². The largest absolute Gasteiger partial charge is 0.479 e. The van der Waals surface area contributed by atoms with E-state index in [0.29, 0.717) is 10.7 Å². The first-order valence-electron chi connectivity index (χ1n) is 5.86. The number of carboxylic acids is 1. The van der Waals surface area contributed by atoms with E-state index < -0.39 is 12.0 Å². The molecule has 1 aromatic heterocycles. The molecule has 0 spiro atoms. The molecule has 3 N–H and O–H groups in total. The molecule has 106 valence electrons. The summed E-state index contributed by atoms with van der Waals surface area (Å²) in [5.41, 5.74) is 0.826. The van der Waals surface area contributed by atoms with E-state index in [4.69, 9.17) is 16.7 Å². The van der Waals surface area contributed by atoms with Crippen LogP contribution in [0.5, 0.6) is 0 Å². The first-order valence-corrected chi connectivity index (χ1v) is 6.24. The molecule has 0 bridgehead atoms. The van der Waals surface area contributed by atoms with E-state index in [-0.39, 0.29) is 18.8 Å². The number of hydrogen-bond donors (Lipinski definition) is 3. The maximum atomic E-state index is 11.3. The standard InChI is InChI=1S/C12H13ClN4O3/c13-8-2-1-3-9(6-8)14-11(12(19)20)10-7-17(4-5-18)16-15-10/h1-3,6-7,11,14,18H,4-5H2,(H,19,20). The second kappa shape index (κ2) is 6.36. The van der Waals surface area contributed by atoms with Crippen molar-refractivity contribution in [2.45, 2.75) is 12.6 Å². The van der Waals surface area contributed by atoms with Crippen molar-refractivity contribution >= 4 is 23.3 Å². The summed E-state index contributed by atoms with van der Waals surface area (Å²) in [4.78, 5) is 11.3. The van der Waals surface area contributed by atoms with Gasteiger partial charge in [-0.2, -0.15) is 0 Å². The topological polar surface area (TPSA) is 100 Å². The Morgan fingerprint density at radius 3 is 2.95 bits per heavy atom. The van der Waals surface area contributed by atoms with Gasteiger partial charge >= 0.3 is 5.97 Å². The zero-order chi connectivity index (χ0) is 14.5. The molecule has 8 heteroatoms. The van der Waals surface area contributed by atoms with Crippen molar-refractivity contribution in [3.63, 3.8) is 0 Å². The van der Waals surface area contributed by atoms with Crippen LogP contribution in [0.2, 0.25) is 5.02 Å². The minimum Gasteiger partial charge on any atom is -0.479 e. The molecule has 0 saturated heterocycles. The summed E-state index contributed by atoms with van der Waals surface area (Å²) in [6.45, 7) is 0.165. The number of halogens is 1. The van der Waals surface area contributed by atoms with Crippen LogP contribution in [0.4, 0.5) is 5.69 Å². The van der Waals surface area contributed by atoms with E-state index >= 15 is 0 Å². The minimum atomic E-state index is -1.08. The quantitative estimate of drug-likeness (QED) is 0.739. The summed E-state index contributed by atoms with van der Waals surface area (Å²) < 4.78 is 1.38. The molecule has 20 heavy (non-hydrogen) atoms. The second-order valence-corrected chi connectivity index (χ2v) is 4.49. The SMILES string of the molecule is O=C(O)C(Nc1cccc(Cl)c1)c1cn(CCO)nn1. The summed E-state index contributed by atoms with van der Waals surface area (Å²) in [5.74, 6) is -1.08. The molecule has 2 aromatic rings. The van der Waals surface area contributed by atoms with Gasteiger partial charge in [0, 0.05) is 10.7 Å². The van der Waals surface area contributed by atoms with Gasteiger partial charge in [-0.3, -0.25) is 0 Å². The molecular formula is C12H13ClN4O3. The number of aliphatic carboxylic acids is 1.